The highest BCUT2D eigenvalue weighted by Gasteiger charge is 2.07. The van der Waals surface area contributed by atoms with E-state index in [1.165, 1.54) is 59.6 Å². The van der Waals surface area contributed by atoms with E-state index in [-0.39, 0.29) is 24.1 Å². The molecule has 0 fully saturated rings. The normalized spacial score (nSPS) is 10.8. The molecule has 7 heteroatoms. The highest BCUT2D eigenvalue weighted by Crippen LogP contribution is 2.24. The summed E-state index contributed by atoms with van der Waals surface area (Å²) in [5.41, 5.74) is 0.523. The van der Waals surface area contributed by atoms with Gasteiger partial charge in [-0.05, 0) is 60.2 Å². The third-order valence-corrected chi connectivity index (χ3v) is 4.12. The standard InChI is InChI=1S/C23H20F2N2O3/c1-27(13-14-29-19-8-6-18(24)7-9-19)23(28)11-5-17-4-10-22(21(25)15-17)30-20-3-2-12-26-16-20/h2-12,15-16H,13-14H2,1H3/b11-5+. The van der Waals surface area contributed by atoms with Crippen molar-refractivity contribution in [3.8, 4) is 17.2 Å². The first-order valence-electron chi connectivity index (χ1n) is 9.20. The zero-order valence-electron chi connectivity index (χ0n) is 16.3. The van der Waals surface area contributed by atoms with Gasteiger partial charge in [0.25, 0.3) is 0 Å². The average Bonchev–Trinajstić information content (AvgIpc) is 2.76. The van der Waals surface area contributed by atoms with Gasteiger partial charge >= 0.3 is 0 Å². The summed E-state index contributed by atoms with van der Waals surface area (Å²) < 4.78 is 38.0. The van der Waals surface area contributed by atoms with E-state index in [1.54, 1.807) is 31.4 Å². The quantitative estimate of drug-likeness (QED) is 0.505. The molecule has 0 bridgehead atoms. The SMILES string of the molecule is CN(CCOc1ccc(F)cc1)C(=O)/C=C/c1ccc(Oc2cccnc2)c(F)c1. The molecule has 0 N–H and O–H groups in total. The second-order valence-corrected chi connectivity index (χ2v) is 6.38. The number of nitrogens with zero attached hydrogens (tertiary/aromatic N) is 2. The summed E-state index contributed by atoms with van der Waals surface area (Å²) in [6.07, 6.45) is 5.96. The van der Waals surface area contributed by atoms with Crippen molar-refractivity contribution in [3.05, 3.63) is 90.3 Å². The van der Waals surface area contributed by atoms with Gasteiger partial charge < -0.3 is 14.4 Å². The van der Waals surface area contributed by atoms with Crippen molar-refractivity contribution in [2.75, 3.05) is 20.2 Å². The van der Waals surface area contributed by atoms with Crippen molar-refractivity contribution >= 4 is 12.0 Å². The molecule has 30 heavy (non-hydrogen) atoms. The molecule has 5 nitrogen and oxygen atoms in total. The fraction of sp³-hybridized carbons (Fsp3) is 0.130. The molecule has 154 valence electrons. The zero-order chi connectivity index (χ0) is 21.3. The van der Waals surface area contributed by atoms with Gasteiger partial charge in [0.15, 0.2) is 11.6 Å². The number of likely N-dealkylation sites (N-methyl/N-ethyl adjacent to an activating group) is 1. The van der Waals surface area contributed by atoms with Crippen molar-refractivity contribution in [1.29, 1.82) is 0 Å². The maximum Gasteiger partial charge on any atom is 0.246 e. The number of aromatic nitrogens is 1. The zero-order valence-corrected chi connectivity index (χ0v) is 16.3. The van der Waals surface area contributed by atoms with Crippen LogP contribution in [0.25, 0.3) is 6.08 Å². The number of amides is 1. The summed E-state index contributed by atoms with van der Waals surface area (Å²) >= 11 is 0. The van der Waals surface area contributed by atoms with Crippen LogP contribution >= 0.6 is 0 Å². The lowest BCUT2D eigenvalue weighted by molar-refractivity contribution is -0.125. The predicted octanol–water partition coefficient (Wildman–Crippen LogP) is 4.70. The van der Waals surface area contributed by atoms with Crippen LogP contribution in [0.3, 0.4) is 0 Å². The first kappa shape index (κ1) is 21.0. The van der Waals surface area contributed by atoms with Crippen LogP contribution in [0.1, 0.15) is 5.56 Å². The third-order valence-electron chi connectivity index (χ3n) is 4.12. The van der Waals surface area contributed by atoms with E-state index in [0.717, 1.165) is 0 Å². The fourth-order valence-corrected chi connectivity index (χ4v) is 2.47. The lowest BCUT2D eigenvalue weighted by atomic mass is 10.2. The molecule has 0 atom stereocenters. The molecule has 3 aromatic rings. The number of benzene rings is 2. The number of ether oxygens (including phenoxy) is 2. The first-order valence-corrected chi connectivity index (χ1v) is 9.20. The van der Waals surface area contributed by atoms with Gasteiger partial charge in [0.05, 0.1) is 12.7 Å². The molecule has 0 radical (unpaired) electrons. The number of halogens is 2. The summed E-state index contributed by atoms with van der Waals surface area (Å²) in [4.78, 5) is 17.6. The minimum atomic E-state index is -0.547. The monoisotopic (exact) mass is 410 g/mol. The van der Waals surface area contributed by atoms with Crippen molar-refractivity contribution < 1.29 is 23.0 Å². The molecule has 0 saturated carbocycles. The summed E-state index contributed by atoms with van der Waals surface area (Å²) in [5, 5.41) is 0. The molecular weight excluding hydrogens is 390 g/mol. The molecule has 0 aliphatic rings. The molecule has 2 aromatic carbocycles. The van der Waals surface area contributed by atoms with Crippen LogP contribution in [0.15, 0.2) is 73.1 Å². The molecule has 0 unspecified atom stereocenters. The molecule has 0 saturated heterocycles. The number of carbonyl (C=O) groups is 1. The Morgan fingerprint density at radius 3 is 2.60 bits per heavy atom. The lowest BCUT2D eigenvalue weighted by Crippen LogP contribution is -2.29. The van der Waals surface area contributed by atoms with Gasteiger partial charge in [-0.15, -0.1) is 0 Å². The largest absolute Gasteiger partial charge is 0.492 e. The highest BCUT2D eigenvalue weighted by atomic mass is 19.1. The van der Waals surface area contributed by atoms with Gasteiger partial charge in [-0.3, -0.25) is 9.78 Å². The van der Waals surface area contributed by atoms with Crippen molar-refractivity contribution in [2.24, 2.45) is 0 Å². The Kier molecular flexibility index (Phi) is 7.10. The van der Waals surface area contributed by atoms with Crippen LogP contribution in [0.4, 0.5) is 8.78 Å². The van der Waals surface area contributed by atoms with Gasteiger partial charge in [0, 0.05) is 19.3 Å². The van der Waals surface area contributed by atoms with Crippen molar-refractivity contribution in [2.45, 2.75) is 0 Å². The Morgan fingerprint density at radius 1 is 1.10 bits per heavy atom. The number of pyridine rings is 1. The number of rotatable bonds is 8. The maximum atomic E-state index is 14.3. The second kappa shape index (κ2) is 10.2. The topological polar surface area (TPSA) is 51.7 Å². The second-order valence-electron chi connectivity index (χ2n) is 6.38. The molecule has 1 heterocycles. The fourth-order valence-electron chi connectivity index (χ4n) is 2.47. The van der Waals surface area contributed by atoms with Gasteiger partial charge in [-0.25, -0.2) is 8.78 Å². The van der Waals surface area contributed by atoms with Gasteiger partial charge in [-0.2, -0.15) is 0 Å². The summed E-state index contributed by atoms with van der Waals surface area (Å²) in [7, 11) is 1.63. The Morgan fingerprint density at radius 2 is 1.90 bits per heavy atom. The third kappa shape index (κ3) is 6.13. The molecule has 1 aromatic heterocycles. The number of carbonyl (C=O) groups excluding carboxylic acids is 1. The van der Waals surface area contributed by atoms with Crippen LogP contribution in [-0.2, 0) is 4.79 Å². The van der Waals surface area contributed by atoms with Gasteiger partial charge in [0.1, 0.15) is 23.9 Å². The van der Waals surface area contributed by atoms with Crippen LogP contribution in [0.2, 0.25) is 0 Å². The van der Waals surface area contributed by atoms with E-state index >= 15 is 0 Å². The van der Waals surface area contributed by atoms with Crippen LogP contribution in [0.5, 0.6) is 17.2 Å². The van der Waals surface area contributed by atoms with E-state index < -0.39 is 5.82 Å². The average molecular weight is 410 g/mol. The smallest absolute Gasteiger partial charge is 0.246 e. The van der Waals surface area contributed by atoms with E-state index in [4.69, 9.17) is 9.47 Å². The molecule has 0 aliphatic carbocycles. The van der Waals surface area contributed by atoms with Crippen molar-refractivity contribution in [3.63, 3.8) is 0 Å². The minimum absolute atomic E-state index is 0.0709. The Labute approximate surface area is 173 Å². The molecule has 0 spiro atoms. The van der Waals surface area contributed by atoms with Gasteiger partial charge in [0.2, 0.25) is 5.91 Å². The van der Waals surface area contributed by atoms with E-state index in [1.807, 2.05) is 0 Å². The Balaban J connectivity index is 1.50. The Bertz CT molecular complexity index is 1010. The molecule has 3 rings (SSSR count). The number of hydrogen-bond donors (Lipinski definition) is 0. The predicted molar refractivity (Wildman–Crippen MR) is 109 cm³/mol. The van der Waals surface area contributed by atoms with E-state index in [9.17, 15) is 13.6 Å². The first-order chi connectivity index (χ1) is 14.5. The maximum absolute atomic E-state index is 14.3. The van der Waals surface area contributed by atoms with Crippen LogP contribution < -0.4 is 9.47 Å². The van der Waals surface area contributed by atoms with E-state index in [0.29, 0.717) is 23.6 Å². The number of hydrogen-bond acceptors (Lipinski definition) is 4. The van der Waals surface area contributed by atoms with Gasteiger partial charge in [-0.1, -0.05) is 6.07 Å². The van der Waals surface area contributed by atoms with Crippen LogP contribution in [-0.4, -0.2) is 36.0 Å². The molecular formula is C23H20F2N2O3. The summed E-state index contributed by atoms with van der Waals surface area (Å²) in [6, 6.07) is 13.4. The summed E-state index contributed by atoms with van der Waals surface area (Å²) in [6.45, 7) is 0.601. The summed E-state index contributed by atoms with van der Waals surface area (Å²) in [5.74, 6) is -0.117. The minimum Gasteiger partial charge on any atom is -0.492 e. The van der Waals surface area contributed by atoms with Crippen LogP contribution in [0, 0.1) is 11.6 Å². The van der Waals surface area contributed by atoms with Crippen molar-refractivity contribution in [1.82, 2.24) is 9.88 Å². The lowest BCUT2D eigenvalue weighted by Gasteiger charge is -2.15. The highest BCUT2D eigenvalue weighted by molar-refractivity contribution is 5.91. The van der Waals surface area contributed by atoms with E-state index in [2.05, 4.69) is 4.98 Å². The Hall–Kier alpha value is -3.74. The molecule has 1 amide bonds. The molecule has 0 aliphatic heterocycles.